The molecule has 5 fully saturated rings. The highest BCUT2D eigenvalue weighted by molar-refractivity contribution is 4.96. The molecular formula is C14H21N2O4-. The van der Waals surface area contributed by atoms with Crippen LogP contribution < -0.4 is 5.32 Å². The monoisotopic (exact) mass is 281 g/mol. The number of hydrogen-bond acceptors (Lipinski definition) is 6. The first-order chi connectivity index (χ1) is 9.79. The summed E-state index contributed by atoms with van der Waals surface area (Å²) >= 11 is 0. The van der Waals surface area contributed by atoms with Gasteiger partial charge in [-0.25, -0.2) is 5.23 Å². The molecule has 3 heterocycles. The summed E-state index contributed by atoms with van der Waals surface area (Å²) < 4.78 is 11.1. The largest absolute Gasteiger partial charge is 0.752 e. The fourth-order valence-corrected chi connectivity index (χ4v) is 3.60. The van der Waals surface area contributed by atoms with Crippen LogP contribution in [0.15, 0.2) is 12.5 Å². The third-order valence-electron chi connectivity index (χ3n) is 4.93. The van der Waals surface area contributed by atoms with E-state index >= 15 is 0 Å². The standard InChI is InChI=1S/C14H21N2O4/c17-16(9-1-4-12-14(7-9)20-12)18-6-5-15-11-3-2-10-8-13(11)19-10/h5-6,9-15H,1-4,7-8H2/q-1/b6-5+. The molecule has 20 heavy (non-hydrogen) atoms. The molecule has 3 saturated heterocycles. The van der Waals surface area contributed by atoms with Gasteiger partial charge in [0.2, 0.25) is 0 Å². The van der Waals surface area contributed by atoms with Crippen LogP contribution in [0.1, 0.15) is 38.5 Å². The molecule has 5 aliphatic rings. The van der Waals surface area contributed by atoms with Gasteiger partial charge in [0.1, 0.15) is 6.26 Å². The van der Waals surface area contributed by atoms with E-state index in [4.69, 9.17) is 14.3 Å². The topological polar surface area (TPSA) is 69.3 Å². The molecule has 3 aliphatic heterocycles. The lowest BCUT2D eigenvalue weighted by Gasteiger charge is -2.46. The second-order valence-electron chi connectivity index (χ2n) is 6.26. The Hall–Kier alpha value is -0.820. The number of hydrogen-bond donors (Lipinski definition) is 1. The molecule has 2 bridgehead atoms. The van der Waals surface area contributed by atoms with Crippen molar-refractivity contribution in [2.24, 2.45) is 0 Å². The fraction of sp³-hybridized carbons (Fsp3) is 0.857. The van der Waals surface area contributed by atoms with Crippen LogP contribution in [0, 0.1) is 5.21 Å². The predicted molar refractivity (Wildman–Crippen MR) is 71.2 cm³/mol. The van der Waals surface area contributed by atoms with Crippen LogP contribution >= 0.6 is 0 Å². The number of epoxide rings is 1. The van der Waals surface area contributed by atoms with Crippen LogP contribution in [-0.2, 0) is 14.3 Å². The Bertz CT molecular complexity index is 383. The zero-order chi connectivity index (χ0) is 13.5. The quantitative estimate of drug-likeness (QED) is 0.467. The molecule has 1 N–H and O–H groups in total. The lowest BCUT2D eigenvalue weighted by Crippen LogP contribution is -2.54. The fourth-order valence-electron chi connectivity index (χ4n) is 3.60. The minimum atomic E-state index is -0.0752. The van der Waals surface area contributed by atoms with Crippen LogP contribution in [0.3, 0.4) is 0 Å². The zero-order valence-corrected chi connectivity index (χ0v) is 11.4. The molecule has 0 aromatic heterocycles. The van der Waals surface area contributed by atoms with Crippen molar-refractivity contribution in [3.63, 3.8) is 0 Å². The van der Waals surface area contributed by atoms with Crippen molar-refractivity contribution in [3.8, 4) is 0 Å². The average Bonchev–Trinajstić information content (AvgIpc) is 3.21. The number of ether oxygens (including phenoxy) is 2. The van der Waals surface area contributed by atoms with E-state index in [1.807, 2.05) is 0 Å². The normalized spacial score (nSPS) is 45.9. The van der Waals surface area contributed by atoms with Crippen LogP contribution in [0.4, 0.5) is 0 Å². The van der Waals surface area contributed by atoms with Gasteiger partial charge in [-0.3, -0.25) is 0 Å². The van der Waals surface area contributed by atoms with Crippen molar-refractivity contribution >= 4 is 0 Å². The molecular weight excluding hydrogens is 260 g/mol. The summed E-state index contributed by atoms with van der Waals surface area (Å²) in [6.07, 6.45) is 10.7. The maximum Gasteiger partial charge on any atom is 0.125 e. The van der Waals surface area contributed by atoms with Gasteiger partial charge in [-0.15, -0.1) is 0 Å². The van der Waals surface area contributed by atoms with Gasteiger partial charge >= 0.3 is 0 Å². The maximum absolute atomic E-state index is 11.8. The van der Waals surface area contributed by atoms with Crippen LogP contribution in [-0.4, -0.2) is 41.7 Å². The molecule has 6 atom stereocenters. The Labute approximate surface area is 118 Å². The summed E-state index contributed by atoms with van der Waals surface area (Å²) in [6.45, 7) is 0. The highest BCUT2D eigenvalue weighted by atomic mass is 16.9. The summed E-state index contributed by atoms with van der Waals surface area (Å²) in [5.74, 6) is 0. The van der Waals surface area contributed by atoms with Gasteiger partial charge in [0.25, 0.3) is 0 Å². The molecule has 6 heteroatoms. The van der Waals surface area contributed by atoms with Gasteiger partial charge in [-0.1, -0.05) is 0 Å². The summed E-state index contributed by atoms with van der Waals surface area (Å²) in [7, 11) is 0. The third-order valence-corrected chi connectivity index (χ3v) is 4.93. The van der Waals surface area contributed by atoms with Crippen molar-refractivity contribution in [3.05, 3.63) is 17.7 Å². The lowest BCUT2D eigenvalue weighted by atomic mass is 9.85. The van der Waals surface area contributed by atoms with Crippen molar-refractivity contribution < 1.29 is 14.3 Å². The molecule has 5 rings (SSSR count). The lowest BCUT2D eigenvalue weighted by molar-refractivity contribution is -0.169. The van der Waals surface area contributed by atoms with E-state index in [-0.39, 0.29) is 6.04 Å². The third kappa shape index (κ3) is 2.53. The molecule has 2 saturated carbocycles. The van der Waals surface area contributed by atoms with Crippen molar-refractivity contribution in [1.82, 2.24) is 10.5 Å². The maximum atomic E-state index is 11.8. The molecule has 6 unspecified atom stereocenters. The Balaban J connectivity index is 1.18. The molecule has 0 aromatic rings. The van der Waals surface area contributed by atoms with E-state index in [0.29, 0.717) is 35.7 Å². The zero-order valence-electron chi connectivity index (χ0n) is 11.4. The summed E-state index contributed by atoms with van der Waals surface area (Å²) in [6, 6.07) is 0.282. The number of nitrogens with one attached hydrogen (secondary N) is 1. The molecule has 0 spiro atoms. The number of fused-ring (bicyclic) bond motifs is 3. The van der Waals surface area contributed by atoms with Gasteiger partial charge in [-0.05, 0) is 32.1 Å². The van der Waals surface area contributed by atoms with E-state index in [2.05, 4.69) is 5.32 Å². The Morgan fingerprint density at radius 1 is 1.05 bits per heavy atom. The van der Waals surface area contributed by atoms with Crippen LogP contribution in [0.5, 0.6) is 0 Å². The number of nitrogens with zero attached hydrogens (tertiary/aromatic N) is 1. The number of hydroxylamine groups is 2. The first-order valence-electron chi connectivity index (χ1n) is 7.65. The number of rotatable bonds is 5. The van der Waals surface area contributed by atoms with Gasteiger partial charge in [0.05, 0.1) is 30.5 Å². The van der Waals surface area contributed by atoms with E-state index in [9.17, 15) is 5.21 Å². The van der Waals surface area contributed by atoms with E-state index in [0.717, 1.165) is 38.5 Å². The summed E-state index contributed by atoms with van der Waals surface area (Å²) in [5.41, 5.74) is 0. The highest BCUT2D eigenvalue weighted by Crippen LogP contribution is 2.38. The van der Waals surface area contributed by atoms with Crippen molar-refractivity contribution in [2.45, 2.75) is 75.0 Å². The van der Waals surface area contributed by atoms with Gasteiger partial charge in [-0.2, -0.15) is 0 Å². The van der Waals surface area contributed by atoms with Gasteiger partial charge in [0.15, 0.2) is 0 Å². The first-order valence-corrected chi connectivity index (χ1v) is 7.65. The van der Waals surface area contributed by atoms with Crippen molar-refractivity contribution in [2.75, 3.05) is 0 Å². The van der Waals surface area contributed by atoms with E-state index < -0.39 is 0 Å². The SMILES string of the molecule is [O-]N(O/C=C/NC1CCC2CC1O2)C1CCC2OC2C1. The van der Waals surface area contributed by atoms with Crippen molar-refractivity contribution in [1.29, 1.82) is 0 Å². The molecule has 112 valence electrons. The highest BCUT2D eigenvalue weighted by Gasteiger charge is 2.44. The molecule has 0 amide bonds. The van der Waals surface area contributed by atoms with Crippen LogP contribution in [0.2, 0.25) is 0 Å². The van der Waals surface area contributed by atoms with E-state index in [1.54, 1.807) is 6.20 Å². The minimum absolute atomic E-state index is 0.0752. The van der Waals surface area contributed by atoms with E-state index in [1.165, 1.54) is 6.26 Å². The Morgan fingerprint density at radius 3 is 2.70 bits per heavy atom. The molecule has 2 aliphatic carbocycles. The first kappa shape index (κ1) is 12.9. The Kier molecular flexibility index (Phi) is 3.34. The minimum Gasteiger partial charge on any atom is -0.752 e. The Morgan fingerprint density at radius 2 is 1.95 bits per heavy atom. The average molecular weight is 281 g/mol. The second kappa shape index (κ2) is 5.18. The molecule has 0 radical (unpaired) electrons. The molecule has 6 nitrogen and oxygen atoms in total. The second-order valence-corrected chi connectivity index (χ2v) is 6.26. The molecule has 0 aromatic carbocycles. The van der Waals surface area contributed by atoms with Crippen LogP contribution in [0.25, 0.3) is 0 Å². The van der Waals surface area contributed by atoms with Gasteiger partial charge in [0, 0.05) is 18.7 Å². The smallest absolute Gasteiger partial charge is 0.125 e. The predicted octanol–water partition coefficient (Wildman–Crippen LogP) is 1.42. The summed E-state index contributed by atoms with van der Waals surface area (Å²) in [5, 5.41) is 15.8. The van der Waals surface area contributed by atoms with Gasteiger partial charge < -0.3 is 24.8 Å². The summed E-state index contributed by atoms with van der Waals surface area (Å²) in [4.78, 5) is 5.13.